The van der Waals surface area contributed by atoms with Crippen molar-refractivity contribution in [2.24, 2.45) is 17.8 Å². The van der Waals surface area contributed by atoms with Crippen molar-refractivity contribution in [2.45, 2.75) is 52.4 Å². The van der Waals surface area contributed by atoms with Gasteiger partial charge in [0, 0.05) is 11.8 Å². The summed E-state index contributed by atoms with van der Waals surface area (Å²) in [6, 6.07) is 0. The van der Waals surface area contributed by atoms with Crippen LogP contribution in [0.25, 0.3) is 0 Å². The molecule has 0 spiro atoms. The third-order valence-electron chi connectivity index (χ3n) is 4.84. The summed E-state index contributed by atoms with van der Waals surface area (Å²) in [5.41, 5.74) is 0. The van der Waals surface area contributed by atoms with Gasteiger partial charge < -0.3 is 4.90 Å². The molecule has 1 heterocycles. The van der Waals surface area contributed by atoms with Crippen molar-refractivity contribution >= 4 is 0 Å². The van der Waals surface area contributed by atoms with Gasteiger partial charge in [0.2, 0.25) is 0 Å². The lowest BCUT2D eigenvalue weighted by molar-refractivity contribution is -0.913. The minimum Gasteiger partial charge on any atom is -0.334 e. The Kier molecular flexibility index (Phi) is 4.07. The van der Waals surface area contributed by atoms with E-state index in [1.807, 2.05) is 4.90 Å². The lowest BCUT2D eigenvalue weighted by Gasteiger charge is -2.35. The Bertz CT molecular complexity index is 184. The van der Waals surface area contributed by atoms with Crippen LogP contribution in [0.2, 0.25) is 0 Å². The minimum absolute atomic E-state index is 0.956. The molecule has 0 bridgehead atoms. The van der Waals surface area contributed by atoms with Gasteiger partial charge in [-0.2, -0.15) is 0 Å². The number of hydrogen-bond donors (Lipinski definition) is 1. The summed E-state index contributed by atoms with van der Waals surface area (Å²) >= 11 is 0. The maximum Gasteiger partial charge on any atom is 0.0799 e. The molecule has 1 saturated carbocycles. The Balaban J connectivity index is 1.74. The summed E-state index contributed by atoms with van der Waals surface area (Å²) in [4.78, 5) is 1.91. The Morgan fingerprint density at radius 2 is 1.67 bits per heavy atom. The highest BCUT2D eigenvalue weighted by molar-refractivity contribution is 4.68. The number of rotatable bonds is 2. The molecule has 2 fully saturated rings. The first kappa shape index (κ1) is 11.4. The molecule has 0 amide bonds. The molecule has 2 rings (SSSR count). The molecule has 1 saturated heterocycles. The van der Waals surface area contributed by atoms with E-state index in [1.54, 1.807) is 0 Å². The molecule has 3 atom stereocenters. The van der Waals surface area contributed by atoms with Crippen molar-refractivity contribution in [1.82, 2.24) is 0 Å². The molecule has 88 valence electrons. The van der Waals surface area contributed by atoms with Gasteiger partial charge in [0.1, 0.15) is 0 Å². The van der Waals surface area contributed by atoms with Crippen LogP contribution in [-0.2, 0) is 0 Å². The molecular weight excluding hydrogens is 182 g/mol. The van der Waals surface area contributed by atoms with Crippen LogP contribution < -0.4 is 4.90 Å². The second-order valence-corrected chi connectivity index (χ2v) is 6.16. The third-order valence-corrected chi connectivity index (χ3v) is 4.84. The molecule has 0 radical (unpaired) electrons. The van der Waals surface area contributed by atoms with Crippen LogP contribution in [0.1, 0.15) is 52.4 Å². The zero-order valence-electron chi connectivity index (χ0n) is 10.6. The normalized spacial score (nSPS) is 39.2. The molecule has 1 heteroatoms. The number of hydrogen-bond acceptors (Lipinski definition) is 0. The van der Waals surface area contributed by atoms with Crippen LogP contribution in [0.3, 0.4) is 0 Å². The van der Waals surface area contributed by atoms with Crippen molar-refractivity contribution < 1.29 is 4.90 Å². The fraction of sp³-hybridized carbons (Fsp3) is 1.00. The molecular formula is C14H28N+. The molecule has 3 unspecified atom stereocenters. The van der Waals surface area contributed by atoms with E-state index < -0.39 is 0 Å². The third kappa shape index (κ3) is 3.21. The SMILES string of the molecule is CC1CC[NH+](CC2CCCCC2)CC1C. The van der Waals surface area contributed by atoms with Crippen LogP contribution in [0.15, 0.2) is 0 Å². The van der Waals surface area contributed by atoms with Gasteiger partial charge in [-0.3, -0.25) is 0 Å². The molecule has 1 aliphatic carbocycles. The second kappa shape index (κ2) is 5.34. The molecule has 0 aromatic carbocycles. The van der Waals surface area contributed by atoms with E-state index >= 15 is 0 Å². The van der Waals surface area contributed by atoms with Crippen molar-refractivity contribution in [3.63, 3.8) is 0 Å². The number of likely N-dealkylation sites (tertiary alicyclic amines) is 1. The average Bonchev–Trinajstić information content (AvgIpc) is 2.25. The fourth-order valence-corrected chi connectivity index (χ4v) is 3.46. The van der Waals surface area contributed by atoms with Gasteiger partial charge in [0.05, 0.1) is 19.6 Å². The number of quaternary nitrogens is 1. The van der Waals surface area contributed by atoms with Crippen LogP contribution >= 0.6 is 0 Å². The predicted octanol–water partition coefficient (Wildman–Crippen LogP) is 2.13. The van der Waals surface area contributed by atoms with Crippen molar-refractivity contribution in [2.75, 3.05) is 19.6 Å². The molecule has 2 aliphatic rings. The van der Waals surface area contributed by atoms with Gasteiger partial charge in [0.25, 0.3) is 0 Å². The Hall–Kier alpha value is -0.0400. The summed E-state index contributed by atoms with van der Waals surface area (Å²) < 4.78 is 0. The first-order valence-electron chi connectivity index (χ1n) is 7.09. The number of piperidine rings is 1. The van der Waals surface area contributed by atoms with Crippen LogP contribution in [0.5, 0.6) is 0 Å². The van der Waals surface area contributed by atoms with Gasteiger partial charge in [0.15, 0.2) is 0 Å². The van der Waals surface area contributed by atoms with E-state index in [9.17, 15) is 0 Å². The topological polar surface area (TPSA) is 4.44 Å². The maximum absolute atomic E-state index is 2.45. The van der Waals surface area contributed by atoms with E-state index in [-0.39, 0.29) is 0 Å². The molecule has 0 aromatic heterocycles. The first-order chi connectivity index (χ1) is 7.25. The molecule has 0 aromatic rings. The van der Waals surface area contributed by atoms with Crippen LogP contribution in [0, 0.1) is 17.8 Å². The average molecular weight is 210 g/mol. The maximum atomic E-state index is 2.45. The van der Waals surface area contributed by atoms with E-state index in [1.165, 1.54) is 58.2 Å². The van der Waals surface area contributed by atoms with Crippen molar-refractivity contribution in [3.8, 4) is 0 Å². The van der Waals surface area contributed by atoms with E-state index in [2.05, 4.69) is 13.8 Å². The van der Waals surface area contributed by atoms with Gasteiger partial charge in [-0.05, 0) is 25.2 Å². The monoisotopic (exact) mass is 210 g/mol. The predicted molar refractivity (Wildman–Crippen MR) is 65.1 cm³/mol. The van der Waals surface area contributed by atoms with Crippen LogP contribution in [0.4, 0.5) is 0 Å². The van der Waals surface area contributed by atoms with Gasteiger partial charge in [-0.25, -0.2) is 0 Å². The summed E-state index contributed by atoms with van der Waals surface area (Å²) in [5.74, 6) is 2.99. The van der Waals surface area contributed by atoms with E-state index in [0.717, 1.165) is 17.8 Å². The zero-order chi connectivity index (χ0) is 10.7. The summed E-state index contributed by atoms with van der Waals surface area (Å²) in [5, 5.41) is 0. The molecule has 15 heavy (non-hydrogen) atoms. The van der Waals surface area contributed by atoms with Gasteiger partial charge in [-0.1, -0.05) is 33.1 Å². The lowest BCUT2D eigenvalue weighted by Crippen LogP contribution is -3.14. The van der Waals surface area contributed by atoms with Gasteiger partial charge >= 0.3 is 0 Å². The summed E-state index contributed by atoms with van der Waals surface area (Å²) in [7, 11) is 0. The van der Waals surface area contributed by atoms with Gasteiger partial charge in [-0.15, -0.1) is 0 Å². The summed E-state index contributed by atoms with van der Waals surface area (Å²) in [6.07, 6.45) is 9.01. The Labute approximate surface area is 95.2 Å². The number of nitrogens with one attached hydrogen (secondary N) is 1. The fourth-order valence-electron chi connectivity index (χ4n) is 3.46. The molecule has 1 aliphatic heterocycles. The van der Waals surface area contributed by atoms with Crippen LogP contribution in [-0.4, -0.2) is 19.6 Å². The quantitative estimate of drug-likeness (QED) is 0.712. The first-order valence-corrected chi connectivity index (χ1v) is 7.09. The lowest BCUT2D eigenvalue weighted by atomic mass is 9.85. The highest BCUT2D eigenvalue weighted by Crippen LogP contribution is 2.22. The highest BCUT2D eigenvalue weighted by Gasteiger charge is 2.28. The Morgan fingerprint density at radius 3 is 2.33 bits per heavy atom. The highest BCUT2D eigenvalue weighted by atomic mass is 15.1. The Morgan fingerprint density at radius 1 is 0.933 bits per heavy atom. The van der Waals surface area contributed by atoms with Crippen molar-refractivity contribution in [3.05, 3.63) is 0 Å². The van der Waals surface area contributed by atoms with E-state index in [0.29, 0.717) is 0 Å². The zero-order valence-corrected chi connectivity index (χ0v) is 10.6. The molecule has 1 nitrogen and oxygen atoms in total. The smallest absolute Gasteiger partial charge is 0.0799 e. The minimum atomic E-state index is 0.956. The summed E-state index contributed by atoms with van der Waals surface area (Å²) in [6.45, 7) is 9.25. The second-order valence-electron chi connectivity index (χ2n) is 6.16. The van der Waals surface area contributed by atoms with Crippen molar-refractivity contribution in [1.29, 1.82) is 0 Å². The standard InChI is InChI=1S/C14H27N/c1-12-8-9-15(10-13(12)2)11-14-6-4-3-5-7-14/h12-14H,3-11H2,1-2H3/p+1. The molecule has 1 N–H and O–H groups in total. The largest absolute Gasteiger partial charge is 0.334 e. The van der Waals surface area contributed by atoms with E-state index in [4.69, 9.17) is 0 Å².